The molecule has 22 heavy (non-hydrogen) atoms. The van der Waals surface area contributed by atoms with Crippen LogP contribution in [0.2, 0.25) is 0 Å². The van der Waals surface area contributed by atoms with Gasteiger partial charge in [0.2, 0.25) is 0 Å². The van der Waals surface area contributed by atoms with Crippen molar-refractivity contribution in [2.45, 2.75) is 71.4 Å². The van der Waals surface area contributed by atoms with Gasteiger partial charge in [-0.1, -0.05) is 6.42 Å². The van der Waals surface area contributed by atoms with Gasteiger partial charge in [-0.15, -0.1) is 0 Å². The van der Waals surface area contributed by atoms with Crippen LogP contribution >= 0.6 is 0 Å². The van der Waals surface area contributed by atoms with Crippen LogP contribution in [-0.4, -0.2) is 35.6 Å². The van der Waals surface area contributed by atoms with Crippen molar-refractivity contribution in [1.29, 1.82) is 0 Å². The number of anilines is 1. The van der Waals surface area contributed by atoms with E-state index >= 15 is 0 Å². The summed E-state index contributed by atoms with van der Waals surface area (Å²) in [7, 11) is 0. The Hall–Kier alpha value is -1.09. The van der Waals surface area contributed by atoms with Gasteiger partial charge in [0.05, 0.1) is 0 Å². The van der Waals surface area contributed by atoms with Gasteiger partial charge in [-0.05, 0) is 76.6 Å². The van der Waals surface area contributed by atoms with E-state index in [-0.39, 0.29) is 0 Å². The minimum atomic E-state index is 0.566. The predicted octanol–water partition coefficient (Wildman–Crippen LogP) is 4.32. The number of likely N-dealkylation sites (tertiary alicyclic amines) is 1. The summed E-state index contributed by atoms with van der Waals surface area (Å²) in [6.45, 7) is 10.5. The van der Waals surface area contributed by atoms with Gasteiger partial charge in [0.15, 0.2) is 0 Å². The average Bonchev–Trinajstić information content (AvgIpc) is 2.55. The second kappa shape index (κ2) is 6.99. The summed E-state index contributed by atoms with van der Waals surface area (Å²) < 4.78 is 0. The molecule has 2 aliphatic rings. The van der Waals surface area contributed by atoms with E-state index in [1.54, 1.807) is 0 Å². The first-order chi connectivity index (χ1) is 10.7. The lowest BCUT2D eigenvalue weighted by molar-refractivity contribution is 0.111. The molecule has 2 saturated heterocycles. The Bertz CT molecular complexity index is 491. The van der Waals surface area contributed by atoms with Crippen LogP contribution in [0, 0.1) is 6.92 Å². The molecule has 0 N–H and O–H groups in total. The highest BCUT2D eigenvalue weighted by Crippen LogP contribution is 2.34. The number of hydrogen-bond acceptors (Lipinski definition) is 3. The molecular formula is C19H31N3. The summed E-state index contributed by atoms with van der Waals surface area (Å²) in [4.78, 5) is 9.95. The van der Waals surface area contributed by atoms with Gasteiger partial charge >= 0.3 is 0 Å². The van der Waals surface area contributed by atoms with Crippen LogP contribution in [0.4, 0.5) is 5.82 Å². The molecule has 3 rings (SSSR count). The molecule has 0 bridgehead atoms. The van der Waals surface area contributed by atoms with Crippen molar-refractivity contribution in [3.05, 3.63) is 23.4 Å². The molecule has 122 valence electrons. The summed E-state index contributed by atoms with van der Waals surface area (Å²) in [5.74, 6) is 1.19. The Labute approximate surface area is 135 Å². The van der Waals surface area contributed by atoms with E-state index in [9.17, 15) is 0 Å². The van der Waals surface area contributed by atoms with Gasteiger partial charge < -0.3 is 4.90 Å². The number of aromatic nitrogens is 1. The molecule has 0 amide bonds. The summed E-state index contributed by atoms with van der Waals surface area (Å²) in [5.41, 5.74) is 2.88. The van der Waals surface area contributed by atoms with E-state index in [0.29, 0.717) is 12.1 Å². The first-order valence-corrected chi connectivity index (χ1v) is 9.14. The Balaban J connectivity index is 1.81. The minimum absolute atomic E-state index is 0.566. The maximum Gasteiger partial charge on any atom is 0.128 e. The molecule has 3 heteroatoms. The maximum atomic E-state index is 4.83. The van der Waals surface area contributed by atoms with E-state index in [1.807, 2.05) is 0 Å². The van der Waals surface area contributed by atoms with E-state index in [1.165, 1.54) is 75.1 Å². The van der Waals surface area contributed by atoms with Crippen LogP contribution < -0.4 is 4.90 Å². The number of pyridine rings is 1. The number of nitrogens with zero attached hydrogens (tertiary/aromatic N) is 3. The van der Waals surface area contributed by atoms with Gasteiger partial charge in [-0.3, -0.25) is 4.90 Å². The smallest absolute Gasteiger partial charge is 0.128 e. The van der Waals surface area contributed by atoms with Crippen molar-refractivity contribution >= 4 is 5.82 Å². The summed E-state index contributed by atoms with van der Waals surface area (Å²) >= 11 is 0. The number of hydrogen-bond donors (Lipinski definition) is 0. The van der Waals surface area contributed by atoms with Crippen molar-refractivity contribution in [2.24, 2.45) is 0 Å². The molecule has 3 nitrogen and oxygen atoms in total. The van der Waals surface area contributed by atoms with E-state index < -0.39 is 0 Å². The van der Waals surface area contributed by atoms with Gasteiger partial charge in [-0.25, -0.2) is 4.98 Å². The third-order valence-corrected chi connectivity index (χ3v) is 5.38. The third-order valence-electron chi connectivity index (χ3n) is 5.38. The van der Waals surface area contributed by atoms with Gasteiger partial charge in [0.25, 0.3) is 0 Å². The SMILES string of the molecule is Cc1cc(N2CCCCC2)ncc1[C@H]1CCCCN1C(C)C. The quantitative estimate of drug-likeness (QED) is 0.829. The molecule has 0 saturated carbocycles. The molecule has 0 unspecified atom stereocenters. The van der Waals surface area contributed by atoms with Crippen LogP contribution in [0.5, 0.6) is 0 Å². The van der Waals surface area contributed by atoms with Crippen molar-refractivity contribution in [3.63, 3.8) is 0 Å². The first kappa shape index (κ1) is 15.8. The molecule has 0 aromatic carbocycles. The zero-order valence-electron chi connectivity index (χ0n) is 14.5. The van der Waals surface area contributed by atoms with Crippen molar-refractivity contribution < 1.29 is 0 Å². The molecule has 3 heterocycles. The molecule has 1 atom stereocenters. The monoisotopic (exact) mass is 301 g/mol. The summed E-state index contributed by atoms with van der Waals surface area (Å²) in [6, 6.07) is 3.51. The second-order valence-corrected chi connectivity index (χ2v) is 7.29. The second-order valence-electron chi connectivity index (χ2n) is 7.29. The normalized spacial score (nSPS) is 24.0. The van der Waals surface area contributed by atoms with E-state index in [4.69, 9.17) is 4.98 Å². The molecule has 0 spiro atoms. The molecule has 2 aliphatic heterocycles. The van der Waals surface area contributed by atoms with Gasteiger partial charge in [0, 0.05) is 31.4 Å². The zero-order valence-corrected chi connectivity index (χ0v) is 14.5. The Morgan fingerprint density at radius 2 is 1.77 bits per heavy atom. The molecule has 1 aromatic rings. The summed E-state index contributed by atoms with van der Waals surface area (Å²) in [6.07, 6.45) is 10.1. The fraction of sp³-hybridized carbons (Fsp3) is 0.737. The van der Waals surface area contributed by atoms with Crippen molar-refractivity contribution in [2.75, 3.05) is 24.5 Å². The summed E-state index contributed by atoms with van der Waals surface area (Å²) in [5, 5.41) is 0. The van der Waals surface area contributed by atoms with Crippen LogP contribution in [0.1, 0.15) is 69.5 Å². The van der Waals surface area contributed by atoms with E-state index in [0.717, 1.165) is 0 Å². The van der Waals surface area contributed by atoms with Gasteiger partial charge in [-0.2, -0.15) is 0 Å². The largest absolute Gasteiger partial charge is 0.357 e. The Kier molecular flexibility index (Phi) is 5.02. The Morgan fingerprint density at radius 3 is 2.45 bits per heavy atom. The molecule has 0 radical (unpaired) electrons. The fourth-order valence-corrected chi connectivity index (χ4v) is 4.10. The minimum Gasteiger partial charge on any atom is -0.357 e. The third kappa shape index (κ3) is 3.29. The first-order valence-electron chi connectivity index (χ1n) is 9.14. The molecule has 1 aromatic heterocycles. The molecular weight excluding hydrogens is 270 g/mol. The molecule has 0 aliphatic carbocycles. The lowest BCUT2D eigenvalue weighted by atomic mass is 9.92. The zero-order chi connectivity index (χ0) is 15.5. The van der Waals surface area contributed by atoms with E-state index in [2.05, 4.69) is 42.8 Å². The van der Waals surface area contributed by atoms with Crippen molar-refractivity contribution in [1.82, 2.24) is 9.88 Å². The standard InChI is InChI=1S/C19H31N3/c1-15(2)22-12-8-5-9-18(22)17-14-20-19(13-16(17)3)21-10-6-4-7-11-21/h13-15,18H,4-12H2,1-3H3/t18-/m1/s1. The average molecular weight is 301 g/mol. The van der Waals surface area contributed by atoms with Crippen LogP contribution in [0.25, 0.3) is 0 Å². The fourth-order valence-electron chi connectivity index (χ4n) is 4.10. The topological polar surface area (TPSA) is 19.4 Å². The number of rotatable bonds is 3. The van der Waals surface area contributed by atoms with Crippen LogP contribution in [0.3, 0.4) is 0 Å². The lowest BCUT2D eigenvalue weighted by Gasteiger charge is -2.39. The number of aryl methyl sites for hydroxylation is 1. The van der Waals surface area contributed by atoms with Gasteiger partial charge in [0.1, 0.15) is 5.82 Å². The molecule has 2 fully saturated rings. The lowest BCUT2D eigenvalue weighted by Crippen LogP contribution is -2.39. The van der Waals surface area contributed by atoms with Crippen molar-refractivity contribution in [3.8, 4) is 0 Å². The Morgan fingerprint density at radius 1 is 1.05 bits per heavy atom. The highest BCUT2D eigenvalue weighted by atomic mass is 15.2. The highest BCUT2D eigenvalue weighted by Gasteiger charge is 2.27. The number of piperidine rings is 2. The van der Waals surface area contributed by atoms with Crippen LogP contribution in [-0.2, 0) is 0 Å². The highest BCUT2D eigenvalue weighted by molar-refractivity contribution is 5.44. The van der Waals surface area contributed by atoms with Crippen LogP contribution in [0.15, 0.2) is 12.3 Å². The predicted molar refractivity (Wildman–Crippen MR) is 93.5 cm³/mol. The maximum absolute atomic E-state index is 4.83.